The normalized spacial score (nSPS) is 19.6. The van der Waals surface area contributed by atoms with Crippen molar-refractivity contribution in [3.05, 3.63) is 48.0 Å². The molecule has 0 fully saturated rings. The fourth-order valence-electron chi connectivity index (χ4n) is 2.32. The first kappa shape index (κ1) is 10.5. The van der Waals surface area contributed by atoms with E-state index in [-0.39, 0.29) is 0 Å². The van der Waals surface area contributed by atoms with E-state index in [9.17, 15) is 0 Å². The summed E-state index contributed by atoms with van der Waals surface area (Å²) in [5.74, 6) is 0.890. The average Bonchev–Trinajstić information content (AvgIpc) is 2.79. The molecule has 0 saturated heterocycles. The van der Waals surface area contributed by atoms with E-state index < -0.39 is 0 Å². The molecule has 0 heteroatoms. The maximum atomic E-state index is 2.41. The van der Waals surface area contributed by atoms with E-state index in [2.05, 4.69) is 42.5 Å². The third kappa shape index (κ3) is 3.54. The number of allylic oxidation sites excluding steroid dienone is 2. The Hall–Kier alpha value is -1.04. The maximum Gasteiger partial charge on any atom is -0.0231 e. The highest BCUT2D eigenvalue weighted by Crippen LogP contribution is 2.22. The van der Waals surface area contributed by atoms with Gasteiger partial charge in [-0.3, -0.25) is 0 Å². The van der Waals surface area contributed by atoms with Crippen LogP contribution in [0.5, 0.6) is 0 Å². The summed E-state index contributed by atoms with van der Waals surface area (Å²) in [6, 6.07) is 10.8. The van der Waals surface area contributed by atoms with Crippen molar-refractivity contribution in [2.75, 3.05) is 0 Å². The molecule has 0 radical (unpaired) electrons. The fraction of sp³-hybridized carbons (Fsp3) is 0.467. The van der Waals surface area contributed by atoms with Gasteiger partial charge >= 0.3 is 0 Å². The molecule has 1 aliphatic rings. The summed E-state index contributed by atoms with van der Waals surface area (Å²) < 4.78 is 0. The summed E-state index contributed by atoms with van der Waals surface area (Å²) in [5.41, 5.74) is 1.49. The van der Waals surface area contributed by atoms with Crippen LogP contribution in [0.25, 0.3) is 0 Å². The highest BCUT2D eigenvalue weighted by molar-refractivity contribution is 5.14. The molecule has 0 amide bonds. The minimum Gasteiger partial charge on any atom is -0.0882 e. The van der Waals surface area contributed by atoms with Crippen LogP contribution in [0.15, 0.2) is 42.5 Å². The van der Waals surface area contributed by atoms with Gasteiger partial charge in [0, 0.05) is 0 Å². The van der Waals surface area contributed by atoms with Gasteiger partial charge in [0.15, 0.2) is 0 Å². The Morgan fingerprint density at radius 3 is 2.67 bits per heavy atom. The lowest BCUT2D eigenvalue weighted by Gasteiger charge is -2.06. The molecule has 2 rings (SSSR count). The van der Waals surface area contributed by atoms with Crippen molar-refractivity contribution >= 4 is 0 Å². The molecule has 15 heavy (non-hydrogen) atoms. The van der Waals surface area contributed by atoms with Crippen LogP contribution in [-0.4, -0.2) is 0 Å². The van der Waals surface area contributed by atoms with Crippen molar-refractivity contribution in [3.8, 4) is 0 Å². The molecule has 1 aromatic rings. The van der Waals surface area contributed by atoms with Gasteiger partial charge in [0.1, 0.15) is 0 Å². The van der Waals surface area contributed by atoms with Crippen molar-refractivity contribution < 1.29 is 0 Å². The third-order valence-electron chi connectivity index (χ3n) is 3.25. The monoisotopic (exact) mass is 200 g/mol. The summed E-state index contributed by atoms with van der Waals surface area (Å²) in [4.78, 5) is 0. The van der Waals surface area contributed by atoms with Crippen LogP contribution >= 0.6 is 0 Å². The first-order valence-corrected chi connectivity index (χ1v) is 6.16. The predicted molar refractivity (Wildman–Crippen MR) is 65.9 cm³/mol. The standard InChI is InChI=1S/C15H20/c1-2-8-14(9-3-1)10-4-5-11-15-12-6-7-13-15/h1-3,6,8-9,12,15H,4-5,7,10-11,13H2/t15-/m0/s1. The van der Waals surface area contributed by atoms with Crippen LogP contribution in [0.1, 0.15) is 37.7 Å². The Labute approximate surface area is 93.0 Å². The van der Waals surface area contributed by atoms with Crippen LogP contribution in [0.2, 0.25) is 0 Å². The number of rotatable bonds is 5. The summed E-state index contributed by atoms with van der Waals surface area (Å²) in [6.07, 6.45) is 12.8. The van der Waals surface area contributed by atoms with Gasteiger partial charge in [-0.25, -0.2) is 0 Å². The van der Waals surface area contributed by atoms with Crippen LogP contribution < -0.4 is 0 Å². The number of benzene rings is 1. The van der Waals surface area contributed by atoms with Crippen molar-refractivity contribution in [2.24, 2.45) is 5.92 Å². The Kier molecular flexibility index (Phi) is 4.01. The van der Waals surface area contributed by atoms with Gasteiger partial charge in [0.2, 0.25) is 0 Å². The van der Waals surface area contributed by atoms with Crippen LogP contribution in [-0.2, 0) is 6.42 Å². The predicted octanol–water partition coefficient (Wildman–Crippen LogP) is 4.37. The molecule has 1 atom stereocenters. The zero-order chi connectivity index (χ0) is 10.3. The number of hydrogen-bond donors (Lipinski definition) is 0. The zero-order valence-corrected chi connectivity index (χ0v) is 9.36. The lowest BCUT2D eigenvalue weighted by molar-refractivity contribution is 0.535. The molecule has 0 N–H and O–H groups in total. The molecule has 80 valence electrons. The molecule has 0 aliphatic heterocycles. The van der Waals surface area contributed by atoms with Crippen LogP contribution in [0.4, 0.5) is 0 Å². The lowest BCUT2D eigenvalue weighted by atomic mass is 9.99. The molecular formula is C15H20. The second kappa shape index (κ2) is 5.75. The van der Waals surface area contributed by atoms with Gasteiger partial charge < -0.3 is 0 Å². The third-order valence-corrected chi connectivity index (χ3v) is 3.25. The van der Waals surface area contributed by atoms with Crippen molar-refractivity contribution in [3.63, 3.8) is 0 Å². The SMILES string of the molecule is C1=C[C@H](CCCCc2ccccc2)CC1. The van der Waals surface area contributed by atoms with Gasteiger partial charge in [0.05, 0.1) is 0 Å². The van der Waals surface area contributed by atoms with E-state index in [1.807, 2.05) is 0 Å². The molecule has 1 aromatic carbocycles. The molecule has 0 bridgehead atoms. The lowest BCUT2D eigenvalue weighted by Crippen LogP contribution is -1.92. The smallest absolute Gasteiger partial charge is 0.0231 e. The molecule has 0 aromatic heterocycles. The van der Waals surface area contributed by atoms with Crippen LogP contribution in [0.3, 0.4) is 0 Å². The first-order chi connectivity index (χ1) is 7.45. The van der Waals surface area contributed by atoms with Crippen LogP contribution in [0, 0.1) is 5.92 Å². The fourth-order valence-corrected chi connectivity index (χ4v) is 2.32. The minimum absolute atomic E-state index is 0.890. The van der Waals surface area contributed by atoms with Crippen molar-refractivity contribution in [1.29, 1.82) is 0 Å². The quantitative estimate of drug-likeness (QED) is 0.489. The topological polar surface area (TPSA) is 0 Å². The molecule has 0 unspecified atom stereocenters. The summed E-state index contributed by atoms with van der Waals surface area (Å²) >= 11 is 0. The van der Waals surface area contributed by atoms with E-state index in [0.717, 1.165) is 5.92 Å². The van der Waals surface area contributed by atoms with E-state index in [4.69, 9.17) is 0 Å². The molecule has 1 aliphatic carbocycles. The maximum absolute atomic E-state index is 2.41. The second-order valence-electron chi connectivity index (χ2n) is 4.50. The number of hydrogen-bond acceptors (Lipinski definition) is 0. The van der Waals surface area contributed by atoms with Gasteiger partial charge in [-0.15, -0.1) is 0 Å². The molecule has 0 saturated carbocycles. The van der Waals surface area contributed by atoms with E-state index in [1.54, 1.807) is 0 Å². The molecule has 0 spiro atoms. The average molecular weight is 200 g/mol. The molecule has 0 heterocycles. The highest BCUT2D eigenvalue weighted by atomic mass is 14.1. The summed E-state index contributed by atoms with van der Waals surface area (Å²) in [5, 5.41) is 0. The Morgan fingerprint density at radius 2 is 1.93 bits per heavy atom. The van der Waals surface area contributed by atoms with Gasteiger partial charge in [-0.05, 0) is 43.6 Å². The summed E-state index contributed by atoms with van der Waals surface area (Å²) in [6.45, 7) is 0. The minimum atomic E-state index is 0.890. The Balaban J connectivity index is 1.61. The Bertz CT molecular complexity index is 297. The van der Waals surface area contributed by atoms with Gasteiger partial charge in [0.25, 0.3) is 0 Å². The summed E-state index contributed by atoms with van der Waals surface area (Å²) in [7, 11) is 0. The van der Waals surface area contributed by atoms with Crippen molar-refractivity contribution in [2.45, 2.75) is 38.5 Å². The number of aryl methyl sites for hydroxylation is 1. The number of unbranched alkanes of at least 4 members (excludes halogenated alkanes) is 1. The van der Waals surface area contributed by atoms with Gasteiger partial charge in [-0.1, -0.05) is 48.9 Å². The molecular weight excluding hydrogens is 180 g/mol. The zero-order valence-electron chi connectivity index (χ0n) is 9.36. The first-order valence-electron chi connectivity index (χ1n) is 6.16. The second-order valence-corrected chi connectivity index (χ2v) is 4.50. The molecule has 0 nitrogen and oxygen atoms in total. The largest absolute Gasteiger partial charge is 0.0882 e. The van der Waals surface area contributed by atoms with E-state index >= 15 is 0 Å². The van der Waals surface area contributed by atoms with Crippen molar-refractivity contribution in [1.82, 2.24) is 0 Å². The van der Waals surface area contributed by atoms with E-state index in [1.165, 1.54) is 44.1 Å². The highest BCUT2D eigenvalue weighted by Gasteiger charge is 2.07. The van der Waals surface area contributed by atoms with Gasteiger partial charge in [-0.2, -0.15) is 0 Å². The Morgan fingerprint density at radius 1 is 1.07 bits per heavy atom. The van der Waals surface area contributed by atoms with E-state index in [0.29, 0.717) is 0 Å².